The Hall–Kier alpha value is -1.92. The number of fused-ring (bicyclic) bond motifs is 1. The Morgan fingerprint density at radius 1 is 1.32 bits per heavy atom. The van der Waals surface area contributed by atoms with Gasteiger partial charge in [-0.1, -0.05) is 17.3 Å². The highest BCUT2D eigenvalue weighted by Gasteiger charge is 2.29. The molecule has 4 rings (SSSR count). The lowest BCUT2D eigenvalue weighted by molar-refractivity contribution is -0.0241. The van der Waals surface area contributed by atoms with E-state index in [-0.39, 0.29) is 6.04 Å². The fraction of sp³-hybridized carbons (Fsp3) is 0.500. The van der Waals surface area contributed by atoms with E-state index in [4.69, 9.17) is 14.0 Å². The summed E-state index contributed by atoms with van der Waals surface area (Å²) in [6.07, 6.45) is 0.999. The number of rotatable bonds is 3. The Morgan fingerprint density at radius 3 is 3.14 bits per heavy atom. The summed E-state index contributed by atoms with van der Waals surface area (Å²) in [6.45, 7) is 5.66. The van der Waals surface area contributed by atoms with Crippen LogP contribution in [0.1, 0.15) is 28.9 Å². The summed E-state index contributed by atoms with van der Waals surface area (Å²) in [5.74, 6) is 2.33. The van der Waals surface area contributed by atoms with E-state index in [0.29, 0.717) is 18.3 Å². The monoisotopic (exact) mass is 301 g/mol. The van der Waals surface area contributed by atoms with Crippen LogP contribution in [0.15, 0.2) is 22.7 Å². The summed E-state index contributed by atoms with van der Waals surface area (Å²) in [6, 6.07) is 6.48. The van der Waals surface area contributed by atoms with Gasteiger partial charge in [-0.2, -0.15) is 4.98 Å². The number of nitrogens with zero attached hydrogens (tertiary/aromatic N) is 3. The second kappa shape index (κ2) is 5.70. The molecule has 2 aliphatic rings. The molecule has 1 saturated heterocycles. The molecule has 1 aromatic heterocycles. The normalized spacial score (nSPS) is 21.6. The summed E-state index contributed by atoms with van der Waals surface area (Å²) in [5.41, 5.74) is 2.59. The maximum absolute atomic E-state index is 5.60. The summed E-state index contributed by atoms with van der Waals surface area (Å²) in [4.78, 5) is 6.71. The second-order valence-electron chi connectivity index (χ2n) is 5.78. The first-order valence-electron chi connectivity index (χ1n) is 7.66. The van der Waals surface area contributed by atoms with Gasteiger partial charge in [-0.3, -0.25) is 4.90 Å². The van der Waals surface area contributed by atoms with Gasteiger partial charge in [0.2, 0.25) is 5.89 Å². The van der Waals surface area contributed by atoms with Crippen LogP contribution in [-0.4, -0.2) is 41.4 Å². The first-order chi connectivity index (χ1) is 10.8. The maximum atomic E-state index is 5.60. The third kappa shape index (κ3) is 2.60. The number of morpholine rings is 1. The number of ether oxygens (including phenoxy) is 2. The van der Waals surface area contributed by atoms with Crippen LogP contribution in [0.4, 0.5) is 0 Å². The third-order valence-corrected chi connectivity index (χ3v) is 4.21. The topological polar surface area (TPSA) is 60.6 Å². The third-order valence-electron chi connectivity index (χ3n) is 4.21. The van der Waals surface area contributed by atoms with Crippen molar-refractivity contribution in [1.29, 1.82) is 0 Å². The van der Waals surface area contributed by atoms with Gasteiger partial charge in [0.1, 0.15) is 11.8 Å². The largest absolute Gasteiger partial charge is 0.493 e. The van der Waals surface area contributed by atoms with Crippen molar-refractivity contribution >= 4 is 0 Å². The minimum Gasteiger partial charge on any atom is -0.493 e. The fourth-order valence-corrected chi connectivity index (χ4v) is 3.08. The number of hydrogen-bond acceptors (Lipinski definition) is 6. The van der Waals surface area contributed by atoms with E-state index in [1.165, 1.54) is 11.1 Å². The highest BCUT2D eigenvalue weighted by Crippen LogP contribution is 2.29. The van der Waals surface area contributed by atoms with Crippen molar-refractivity contribution < 1.29 is 14.0 Å². The lowest BCUT2D eigenvalue weighted by Crippen LogP contribution is -2.39. The van der Waals surface area contributed by atoms with Crippen molar-refractivity contribution in [3.8, 4) is 5.75 Å². The zero-order valence-corrected chi connectivity index (χ0v) is 12.6. The molecule has 0 bridgehead atoms. The summed E-state index contributed by atoms with van der Waals surface area (Å²) in [5, 5.41) is 3.90. The lowest BCUT2D eigenvalue weighted by Gasteiger charge is -2.33. The van der Waals surface area contributed by atoms with Crippen molar-refractivity contribution in [2.75, 3.05) is 26.4 Å². The Labute approximate surface area is 129 Å². The number of aromatic nitrogens is 2. The molecule has 1 aromatic carbocycles. The summed E-state index contributed by atoms with van der Waals surface area (Å²) >= 11 is 0. The van der Waals surface area contributed by atoms with Crippen LogP contribution in [0, 0.1) is 6.92 Å². The van der Waals surface area contributed by atoms with E-state index >= 15 is 0 Å². The first-order valence-corrected chi connectivity index (χ1v) is 7.66. The van der Waals surface area contributed by atoms with Crippen LogP contribution in [0.25, 0.3) is 0 Å². The van der Waals surface area contributed by atoms with Crippen LogP contribution >= 0.6 is 0 Å². The van der Waals surface area contributed by atoms with E-state index in [1.54, 1.807) is 0 Å². The second-order valence-corrected chi connectivity index (χ2v) is 5.78. The van der Waals surface area contributed by atoms with Gasteiger partial charge in [-0.05, 0) is 24.1 Å². The molecule has 6 nitrogen and oxygen atoms in total. The SMILES string of the molecule is Cc1noc([C@@H]2COCCN2Cc2ccc3c(c2)CCO3)n1. The van der Waals surface area contributed by atoms with E-state index in [9.17, 15) is 0 Å². The van der Waals surface area contributed by atoms with Gasteiger partial charge in [0.15, 0.2) is 5.82 Å². The summed E-state index contributed by atoms with van der Waals surface area (Å²) in [7, 11) is 0. The van der Waals surface area contributed by atoms with Gasteiger partial charge in [-0.15, -0.1) is 0 Å². The van der Waals surface area contributed by atoms with E-state index in [1.807, 2.05) is 6.92 Å². The van der Waals surface area contributed by atoms with Crippen LogP contribution in [0.3, 0.4) is 0 Å². The van der Waals surface area contributed by atoms with Gasteiger partial charge >= 0.3 is 0 Å². The smallest absolute Gasteiger partial charge is 0.246 e. The van der Waals surface area contributed by atoms with Crippen LogP contribution in [0.5, 0.6) is 5.75 Å². The van der Waals surface area contributed by atoms with E-state index < -0.39 is 0 Å². The molecule has 3 heterocycles. The zero-order valence-electron chi connectivity index (χ0n) is 12.6. The molecule has 0 amide bonds. The Morgan fingerprint density at radius 2 is 2.27 bits per heavy atom. The van der Waals surface area contributed by atoms with Gasteiger partial charge < -0.3 is 14.0 Å². The van der Waals surface area contributed by atoms with E-state index in [2.05, 4.69) is 33.2 Å². The molecule has 0 saturated carbocycles. The predicted molar refractivity (Wildman–Crippen MR) is 78.6 cm³/mol. The standard InChI is InChI=1S/C16H19N3O3/c1-11-17-16(22-18-11)14-10-20-7-5-19(14)9-12-2-3-15-13(8-12)4-6-21-15/h2-3,8,14H,4-7,9-10H2,1H3/t14-/m0/s1. The van der Waals surface area contributed by atoms with Gasteiger partial charge in [0.05, 0.1) is 19.8 Å². The average Bonchev–Trinajstić information content (AvgIpc) is 3.16. The molecule has 0 spiro atoms. The molecule has 6 heteroatoms. The van der Waals surface area contributed by atoms with Crippen molar-refractivity contribution in [2.45, 2.75) is 25.9 Å². The molecule has 116 valence electrons. The van der Waals surface area contributed by atoms with Gasteiger partial charge in [0, 0.05) is 19.5 Å². The zero-order chi connectivity index (χ0) is 14.9. The first kappa shape index (κ1) is 13.7. The number of benzene rings is 1. The maximum Gasteiger partial charge on any atom is 0.246 e. The molecule has 0 radical (unpaired) electrons. The Kier molecular flexibility index (Phi) is 3.56. The van der Waals surface area contributed by atoms with Crippen molar-refractivity contribution in [2.24, 2.45) is 0 Å². The number of aryl methyl sites for hydroxylation is 1. The molecule has 2 aromatic rings. The molecule has 22 heavy (non-hydrogen) atoms. The molecule has 0 N–H and O–H groups in total. The van der Waals surface area contributed by atoms with Crippen molar-refractivity contribution in [3.05, 3.63) is 41.0 Å². The Balaban J connectivity index is 1.54. The van der Waals surface area contributed by atoms with Crippen LogP contribution < -0.4 is 4.74 Å². The molecule has 0 unspecified atom stereocenters. The Bertz CT molecular complexity index is 670. The quantitative estimate of drug-likeness (QED) is 0.863. The minimum atomic E-state index is 0.0273. The molecule has 2 aliphatic heterocycles. The number of hydrogen-bond donors (Lipinski definition) is 0. The van der Waals surface area contributed by atoms with Crippen molar-refractivity contribution in [1.82, 2.24) is 15.0 Å². The van der Waals surface area contributed by atoms with Gasteiger partial charge in [-0.25, -0.2) is 0 Å². The highest BCUT2D eigenvalue weighted by molar-refractivity contribution is 5.39. The molecular weight excluding hydrogens is 282 g/mol. The molecule has 1 atom stereocenters. The molecular formula is C16H19N3O3. The van der Waals surface area contributed by atoms with Crippen LogP contribution in [-0.2, 0) is 17.7 Å². The van der Waals surface area contributed by atoms with Gasteiger partial charge in [0.25, 0.3) is 0 Å². The van der Waals surface area contributed by atoms with Crippen LogP contribution in [0.2, 0.25) is 0 Å². The minimum absolute atomic E-state index is 0.0273. The lowest BCUT2D eigenvalue weighted by atomic mass is 10.1. The van der Waals surface area contributed by atoms with E-state index in [0.717, 1.165) is 38.5 Å². The van der Waals surface area contributed by atoms with Crippen molar-refractivity contribution in [3.63, 3.8) is 0 Å². The average molecular weight is 301 g/mol. The highest BCUT2D eigenvalue weighted by atomic mass is 16.5. The predicted octanol–water partition coefficient (Wildman–Crippen LogP) is 1.89. The summed E-state index contributed by atoms with van der Waals surface area (Å²) < 4.78 is 16.5. The molecule has 0 aliphatic carbocycles. The molecule has 1 fully saturated rings. The fourth-order valence-electron chi connectivity index (χ4n) is 3.08.